The number of carbonyl (C=O) groups is 1. The van der Waals surface area contributed by atoms with E-state index < -0.39 is 5.91 Å². The van der Waals surface area contributed by atoms with Crippen LogP contribution in [0.5, 0.6) is 0 Å². The van der Waals surface area contributed by atoms with E-state index in [1.54, 1.807) is 23.9 Å². The SMILES string of the molecule is NC(=O)c1ccc2c(c1)SCC=N2. The Morgan fingerprint density at radius 2 is 2.38 bits per heavy atom. The summed E-state index contributed by atoms with van der Waals surface area (Å²) < 4.78 is 0. The molecule has 0 saturated heterocycles. The van der Waals surface area contributed by atoms with Gasteiger partial charge in [-0.2, -0.15) is 0 Å². The molecule has 1 aliphatic rings. The number of amides is 1. The summed E-state index contributed by atoms with van der Waals surface area (Å²) in [7, 11) is 0. The van der Waals surface area contributed by atoms with E-state index in [0.717, 1.165) is 16.3 Å². The summed E-state index contributed by atoms with van der Waals surface area (Å²) in [5.74, 6) is 0.466. The van der Waals surface area contributed by atoms with Crippen molar-refractivity contribution in [2.75, 3.05) is 5.75 Å². The van der Waals surface area contributed by atoms with Crippen molar-refractivity contribution in [2.24, 2.45) is 10.7 Å². The molecule has 0 spiro atoms. The molecule has 0 bridgehead atoms. The van der Waals surface area contributed by atoms with Gasteiger partial charge in [-0.05, 0) is 18.2 Å². The van der Waals surface area contributed by atoms with Crippen LogP contribution in [0.15, 0.2) is 28.1 Å². The van der Waals surface area contributed by atoms with Gasteiger partial charge in [0.25, 0.3) is 0 Å². The Labute approximate surface area is 80.0 Å². The zero-order valence-corrected chi connectivity index (χ0v) is 7.67. The number of carbonyl (C=O) groups excluding carboxylic acids is 1. The van der Waals surface area contributed by atoms with Crippen molar-refractivity contribution in [1.29, 1.82) is 0 Å². The van der Waals surface area contributed by atoms with Crippen LogP contribution < -0.4 is 5.73 Å². The maximum absolute atomic E-state index is 10.9. The van der Waals surface area contributed by atoms with Crippen LogP contribution in [0.2, 0.25) is 0 Å². The lowest BCUT2D eigenvalue weighted by atomic mass is 10.2. The number of nitrogens with two attached hydrogens (primary N) is 1. The van der Waals surface area contributed by atoms with Crippen molar-refractivity contribution in [1.82, 2.24) is 0 Å². The van der Waals surface area contributed by atoms with Gasteiger partial charge in [0.15, 0.2) is 0 Å². The van der Waals surface area contributed by atoms with E-state index in [1.807, 2.05) is 12.3 Å². The van der Waals surface area contributed by atoms with E-state index in [-0.39, 0.29) is 0 Å². The Balaban J connectivity index is 2.48. The van der Waals surface area contributed by atoms with Gasteiger partial charge in [-0.1, -0.05) is 0 Å². The van der Waals surface area contributed by atoms with E-state index in [2.05, 4.69) is 4.99 Å². The first-order chi connectivity index (χ1) is 6.27. The van der Waals surface area contributed by atoms with Crippen LogP contribution >= 0.6 is 11.8 Å². The van der Waals surface area contributed by atoms with E-state index in [0.29, 0.717) is 5.56 Å². The van der Waals surface area contributed by atoms with Crippen LogP contribution in [0.4, 0.5) is 5.69 Å². The largest absolute Gasteiger partial charge is 0.366 e. The van der Waals surface area contributed by atoms with Gasteiger partial charge in [0, 0.05) is 22.4 Å². The summed E-state index contributed by atoms with van der Waals surface area (Å²) in [6.07, 6.45) is 1.86. The second-order valence-corrected chi connectivity index (χ2v) is 3.73. The Kier molecular flexibility index (Phi) is 2.06. The van der Waals surface area contributed by atoms with Gasteiger partial charge in [0.1, 0.15) is 0 Å². The summed E-state index contributed by atoms with van der Waals surface area (Å²) in [6, 6.07) is 5.31. The predicted octanol–water partition coefficient (Wildman–Crippen LogP) is 1.59. The van der Waals surface area contributed by atoms with Gasteiger partial charge in [-0.3, -0.25) is 9.79 Å². The Morgan fingerprint density at radius 1 is 1.54 bits per heavy atom. The molecule has 0 saturated carbocycles. The third-order valence-corrected chi connectivity index (χ3v) is 2.74. The lowest BCUT2D eigenvalue weighted by Crippen LogP contribution is -2.10. The average Bonchev–Trinajstić information content (AvgIpc) is 2.17. The average molecular weight is 192 g/mol. The van der Waals surface area contributed by atoms with Crippen molar-refractivity contribution < 1.29 is 4.79 Å². The molecule has 2 N–H and O–H groups in total. The Bertz CT molecular complexity index is 387. The molecule has 3 nitrogen and oxygen atoms in total. The summed E-state index contributed by atoms with van der Waals surface area (Å²) in [6.45, 7) is 0. The van der Waals surface area contributed by atoms with Crippen LogP contribution in [-0.2, 0) is 0 Å². The number of hydrogen-bond acceptors (Lipinski definition) is 3. The molecule has 0 aromatic heterocycles. The van der Waals surface area contributed by atoms with Crippen LogP contribution in [0.25, 0.3) is 0 Å². The number of fused-ring (bicyclic) bond motifs is 1. The van der Waals surface area contributed by atoms with E-state index in [1.165, 1.54) is 0 Å². The number of nitrogens with zero attached hydrogens (tertiary/aromatic N) is 1. The van der Waals surface area contributed by atoms with Crippen molar-refractivity contribution in [3.05, 3.63) is 23.8 Å². The first-order valence-corrected chi connectivity index (χ1v) is 4.85. The van der Waals surface area contributed by atoms with E-state index in [4.69, 9.17) is 5.73 Å². The number of primary amides is 1. The maximum atomic E-state index is 10.9. The topological polar surface area (TPSA) is 55.5 Å². The summed E-state index contributed by atoms with van der Waals surface area (Å²) >= 11 is 1.66. The summed E-state index contributed by atoms with van der Waals surface area (Å²) in [5.41, 5.74) is 6.62. The first kappa shape index (κ1) is 8.31. The fraction of sp³-hybridized carbons (Fsp3) is 0.111. The van der Waals surface area contributed by atoms with Crippen LogP contribution in [0.1, 0.15) is 10.4 Å². The lowest BCUT2D eigenvalue weighted by molar-refractivity contribution is 0.1000. The smallest absolute Gasteiger partial charge is 0.248 e. The first-order valence-electron chi connectivity index (χ1n) is 3.86. The number of rotatable bonds is 1. The molecule has 1 aromatic rings. The molecule has 2 rings (SSSR count). The molecule has 0 atom stereocenters. The van der Waals surface area contributed by atoms with Crippen LogP contribution in [-0.4, -0.2) is 17.9 Å². The third kappa shape index (κ3) is 1.58. The quantitative estimate of drug-likeness (QED) is 0.734. The molecule has 66 valence electrons. The van der Waals surface area contributed by atoms with Gasteiger partial charge >= 0.3 is 0 Å². The van der Waals surface area contributed by atoms with Gasteiger partial charge < -0.3 is 5.73 Å². The normalized spacial score (nSPS) is 13.8. The monoisotopic (exact) mass is 192 g/mol. The molecule has 1 heterocycles. The van der Waals surface area contributed by atoms with Crippen molar-refractivity contribution in [3.63, 3.8) is 0 Å². The van der Waals surface area contributed by atoms with Crippen molar-refractivity contribution >= 4 is 29.6 Å². The fourth-order valence-electron chi connectivity index (χ4n) is 1.15. The van der Waals surface area contributed by atoms with Gasteiger partial charge in [-0.15, -0.1) is 11.8 Å². The molecule has 1 aromatic carbocycles. The van der Waals surface area contributed by atoms with Crippen LogP contribution in [0.3, 0.4) is 0 Å². The number of thioether (sulfide) groups is 1. The Morgan fingerprint density at radius 3 is 3.15 bits per heavy atom. The minimum Gasteiger partial charge on any atom is -0.366 e. The molecule has 0 fully saturated rings. The summed E-state index contributed by atoms with van der Waals surface area (Å²) in [4.78, 5) is 16.1. The standard InChI is InChI=1S/C9H8N2OS/c10-9(12)6-1-2-7-8(5-6)13-4-3-11-7/h1-3,5H,4H2,(H2,10,12). The number of benzene rings is 1. The fourth-order valence-corrected chi connectivity index (χ4v) is 1.96. The molecule has 0 radical (unpaired) electrons. The Hall–Kier alpha value is -1.29. The number of hydrogen-bond donors (Lipinski definition) is 1. The van der Waals surface area contributed by atoms with Crippen molar-refractivity contribution in [2.45, 2.75) is 4.90 Å². The molecule has 0 aliphatic carbocycles. The van der Waals surface area contributed by atoms with Gasteiger partial charge in [-0.25, -0.2) is 0 Å². The maximum Gasteiger partial charge on any atom is 0.248 e. The summed E-state index contributed by atoms with van der Waals surface area (Å²) in [5, 5.41) is 0. The molecule has 0 unspecified atom stereocenters. The minimum atomic E-state index is -0.391. The van der Waals surface area contributed by atoms with Crippen molar-refractivity contribution in [3.8, 4) is 0 Å². The second kappa shape index (κ2) is 3.22. The highest BCUT2D eigenvalue weighted by atomic mass is 32.2. The zero-order chi connectivity index (χ0) is 9.26. The third-order valence-electron chi connectivity index (χ3n) is 1.79. The van der Waals surface area contributed by atoms with Crippen LogP contribution in [0, 0.1) is 0 Å². The highest BCUT2D eigenvalue weighted by Crippen LogP contribution is 2.32. The molecular weight excluding hydrogens is 184 g/mol. The van der Waals surface area contributed by atoms with E-state index >= 15 is 0 Å². The zero-order valence-electron chi connectivity index (χ0n) is 6.86. The minimum absolute atomic E-state index is 0.391. The number of aliphatic imine (C=N–C) groups is 1. The van der Waals surface area contributed by atoms with Gasteiger partial charge in [0.2, 0.25) is 5.91 Å². The second-order valence-electron chi connectivity index (χ2n) is 2.67. The highest BCUT2D eigenvalue weighted by Gasteiger charge is 2.08. The highest BCUT2D eigenvalue weighted by molar-refractivity contribution is 8.00. The predicted molar refractivity (Wildman–Crippen MR) is 53.8 cm³/mol. The van der Waals surface area contributed by atoms with E-state index in [9.17, 15) is 4.79 Å². The molecule has 1 amide bonds. The molecule has 13 heavy (non-hydrogen) atoms. The van der Waals surface area contributed by atoms with Gasteiger partial charge in [0.05, 0.1) is 5.69 Å². The molecule has 1 aliphatic heterocycles. The lowest BCUT2D eigenvalue weighted by Gasteiger charge is -2.09. The molecule has 4 heteroatoms. The molecular formula is C9H8N2OS.